The fraction of sp³-hybridized carbons (Fsp3) is 0.875. The number of likely N-dealkylation sites (N-methyl/N-ethyl adjacent to an activating group) is 2. The van der Waals surface area contributed by atoms with Crippen LogP contribution in [0.5, 0.6) is 0 Å². The summed E-state index contributed by atoms with van der Waals surface area (Å²) in [5.41, 5.74) is -0.272. The second kappa shape index (κ2) is 6.54. The molecule has 2 aliphatic rings. The number of likely N-dealkylation sites (tertiary alicyclic amines) is 1. The van der Waals surface area contributed by atoms with E-state index in [9.17, 15) is 9.59 Å². The van der Waals surface area contributed by atoms with Crippen LogP contribution in [0.3, 0.4) is 0 Å². The van der Waals surface area contributed by atoms with E-state index in [-0.39, 0.29) is 23.5 Å². The van der Waals surface area contributed by atoms with Gasteiger partial charge >= 0.3 is 0 Å². The number of nitrogens with zero attached hydrogens (tertiary/aromatic N) is 3. The molecule has 0 aromatic rings. The highest BCUT2D eigenvalue weighted by atomic mass is 16.5. The van der Waals surface area contributed by atoms with E-state index in [0.717, 1.165) is 6.42 Å². The van der Waals surface area contributed by atoms with Crippen molar-refractivity contribution in [1.29, 1.82) is 0 Å². The molecule has 0 N–H and O–H groups in total. The maximum absolute atomic E-state index is 12.1. The molecule has 0 aromatic heterocycles. The van der Waals surface area contributed by atoms with Crippen molar-refractivity contribution in [1.82, 2.24) is 14.7 Å². The summed E-state index contributed by atoms with van der Waals surface area (Å²) in [6.45, 7) is 6.67. The van der Waals surface area contributed by atoms with Crippen molar-refractivity contribution in [2.24, 2.45) is 5.92 Å². The Kier molecular flexibility index (Phi) is 5.12. The van der Waals surface area contributed by atoms with Crippen LogP contribution < -0.4 is 0 Å². The van der Waals surface area contributed by atoms with Gasteiger partial charge in [0.15, 0.2) is 0 Å². The van der Waals surface area contributed by atoms with Crippen LogP contribution in [0.25, 0.3) is 0 Å². The van der Waals surface area contributed by atoms with Crippen LogP contribution in [0.15, 0.2) is 0 Å². The molecule has 6 nitrogen and oxygen atoms in total. The Balaban J connectivity index is 1.82. The lowest BCUT2D eigenvalue weighted by Gasteiger charge is -2.55. The lowest BCUT2D eigenvalue weighted by Crippen LogP contribution is -2.73. The maximum Gasteiger partial charge on any atom is 0.241 e. The van der Waals surface area contributed by atoms with Crippen molar-refractivity contribution >= 4 is 11.8 Å². The summed E-state index contributed by atoms with van der Waals surface area (Å²) in [5, 5.41) is 0. The van der Waals surface area contributed by atoms with Crippen LogP contribution >= 0.6 is 0 Å². The first-order valence-electron chi connectivity index (χ1n) is 8.07. The molecule has 0 aliphatic carbocycles. The largest absolute Gasteiger partial charge is 0.368 e. The summed E-state index contributed by atoms with van der Waals surface area (Å²) in [5.74, 6) is 0.840. The highest BCUT2D eigenvalue weighted by Gasteiger charge is 2.51. The normalized spacial score (nSPS) is 24.5. The number of hydrogen-bond acceptors (Lipinski definition) is 4. The minimum atomic E-state index is -0.272. The molecule has 0 saturated carbocycles. The summed E-state index contributed by atoms with van der Waals surface area (Å²) in [6.07, 6.45) is 1.55. The molecule has 0 aromatic carbocycles. The molecule has 2 rings (SSSR count). The van der Waals surface area contributed by atoms with Crippen molar-refractivity contribution in [2.45, 2.75) is 38.3 Å². The molecule has 2 aliphatic heterocycles. The fourth-order valence-corrected chi connectivity index (χ4v) is 3.14. The lowest BCUT2D eigenvalue weighted by atomic mass is 9.90. The third-order valence-electron chi connectivity index (χ3n) is 4.59. The molecule has 22 heavy (non-hydrogen) atoms. The third-order valence-corrected chi connectivity index (χ3v) is 4.59. The molecule has 126 valence electrons. The highest BCUT2D eigenvalue weighted by molar-refractivity contribution is 5.81. The molecule has 2 heterocycles. The molecule has 2 fully saturated rings. The van der Waals surface area contributed by atoms with E-state index >= 15 is 0 Å². The molecular weight excluding hydrogens is 282 g/mol. The van der Waals surface area contributed by atoms with Crippen molar-refractivity contribution in [3.05, 3.63) is 0 Å². The van der Waals surface area contributed by atoms with E-state index < -0.39 is 0 Å². The molecule has 1 atom stereocenters. The zero-order chi connectivity index (χ0) is 16.5. The standard InChI is InChI=1S/C16H29N3O3/c1-12(2)6-7-14(20)19-10-16(11-19)9-18(5)13(8-22-16)15(21)17(3)4/h12-13H,6-11H2,1-5H3. The Bertz CT molecular complexity index is 430. The molecule has 1 unspecified atom stereocenters. The average molecular weight is 311 g/mol. The van der Waals surface area contributed by atoms with Crippen LogP contribution in [0, 0.1) is 5.92 Å². The van der Waals surface area contributed by atoms with Crippen molar-refractivity contribution in [3.8, 4) is 0 Å². The van der Waals surface area contributed by atoms with Gasteiger partial charge in [0.25, 0.3) is 0 Å². The first kappa shape index (κ1) is 17.2. The van der Waals surface area contributed by atoms with Gasteiger partial charge in [0.1, 0.15) is 11.6 Å². The van der Waals surface area contributed by atoms with Crippen LogP contribution in [0.2, 0.25) is 0 Å². The Morgan fingerprint density at radius 3 is 2.41 bits per heavy atom. The summed E-state index contributed by atoms with van der Waals surface area (Å²) in [7, 11) is 5.48. The first-order chi connectivity index (χ1) is 10.2. The monoisotopic (exact) mass is 311 g/mol. The maximum atomic E-state index is 12.1. The van der Waals surface area contributed by atoms with E-state index in [4.69, 9.17) is 4.74 Å². The van der Waals surface area contributed by atoms with Crippen LogP contribution in [0.4, 0.5) is 0 Å². The van der Waals surface area contributed by atoms with Crippen LogP contribution in [-0.4, -0.2) is 85.5 Å². The van der Waals surface area contributed by atoms with Crippen molar-refractivity contribution < 1.29 is 14.3 Å². The molecule has 0 radical (unpaired) electrons. The number of ether oxygens (including phenoxy) is 1. The second-order valence-electron chi connectivity index (χ2n) is 7.34. The predicted octanol–water partition coefficient (Wildman–Crippen LogP) is 0.422. The Morgan fingerprint density at radius 2 is 1.91 bits per heavy atom. The predicted molar refractivity (Wildman–Crippen MR) is 84.4 cm³/mol. The van der Waals surface area contributed by atoms with Gasteiger partial charge in [0.05, 0.1) is 19.7 Å². The Labute approximate surface area is 133 Å². The quantitative estimate of drug-likeness (QED) is 0.755. The van der Waals surface area contributed by atoms with Crippen molar-refractivity contribution in [2.75, 3.05) is 47.4 Å². The smallest absolute Gasteiger partial charge is 0.241 e. The zero-order valence-electron chi connectivity index (χ0n) is 14.5. The van der Waals surface area contributed by atoms with Crippen molar-refractivity contribution in [3.63, 3.8) is 0 Å². The first-order valence-corrected chi connectivity index (χ1v) is 8.07. The fourth-order valence-electron chi connectivity index (χ4n) is 3.14. The van der Waals surface area contributed by atoms with Gasteiger partial charge in [-0.1, -0.05) is 13.8 Å². The summed E-state index contributed by atoms with van der Waals surface area (Å²) in [6, 6.07) is -0.216. The second-order valence-corrected chi connectivity index (χ2v) is 7.34. The SMILES string of the molecule is CC(C)CCC(=O)N1CC2(C1)CN(C)C(C(=O)N(C)C)CO2. The van der Waals surface area contributed by atoms with Gasteiger partial charge in [-0.25, -0.2) is 0 Å². The van der Waals surface area contributed by atoms with Gasteiger partial charge in [-0.3, -0.25) is 14.5 Å². The number of carbonyl (C=O) groups excluding carboxylic acids is 2. The van der Waals surface area contributed by atoms with Crippen LogP contribution in [-0.2, 0) is 14.3 Å². The third kappa shape index (κ3) is 3.60. The lowest BCUT2D eigenvalue weighted by molar-refractivity contribution is -0.202. The average Bonchev–Trinajstić information content (AvgIpc) is 2.41. The Morgan fingerprint density at radius 1 is 1.27 bits per heavy atom. The number of rotatable bonds is 4. The minimum absolute atomic E-state index is 0.0709. The Hall–Kier alpha value is -1.14. The van der Waals surface area contributed by atoms with Gasteiger partial charge in [0, 0.05) is 27.1 Å². The summed E-state index contributed by atoms with van der Waals surface area (Å²) < 4.78 is 5.98. The number of amides is 2. The number of carbonyl (C=O) groups is 2. The number of morpholine rings is 1. The van der Waals surface area contributed by atoms with E-state index in [1.165, 1.54) is 0 Å². The number of hydrogen-bond donors (Lipinski definition) is 0. The minimum Gasteiger partial charge on any atom is -0.368 e. The highest BCUT2D eigenvalue weighted by Crippen LogP contribution is 2.31. The summed E-state index contributed by atoms with van der Waals surface area (Å²) in [4.78, 5) is 29.7. The molecular formula is C16H29N3O3. The topological polar surface area (TPSA) is 53.1 Å². The summed E-state index contributed by atoms with van der Waals surface area (Å²) >= 11 is 0. The van der Waals surface area contributed by atoms with Gasteiger partial charge in [-0.2, -0.15) is 0 Å². The van der Waals surface area contributed by atoms with E-state index in [2.05, 4.69) is 18.7 Å². The zero-order valence-corrected chi connectivity index (χ0v) is 14.5. The van der Waals surface area contributed by atoms with Gasteiger partial charge < -0.3 is 14.5 Å². The molecule has 6 heteroatoms. The van der Waals surface area contributed by atoms with Crippen LogP contribution in [0.1, 0.15) is 26.7 Å². The molecule has 2 saturated heterocycles. The van der Waals surface area contributed by atoms with Gasteiger partial charge in [0.2, 0.25) is 11.8 Å². The van der Waals surface area contributed by atoms with E-state index in [1.807, 2.05) is 11.9 Å². The molecule has 2 amide bonds. The van der Waals surface area contributed by atoms with Gasteiger partial charge in [-0.05, 0) is 19.4 Å². The molecule has 0 bridgehead atoms. The molecule has 1 spiro atoms. The van der Waals surface area contributed by atoms with Gasteiger partial charge in [-0.15, -0.1) is 0 Å². The van der Waals surface area contributed by atoms with E-state index in [0.29, 0.717) is 38.6 Å². The van der Waals surface area contributed by atoms with E-state index in [1.54, 1.807) is 19.0 Å².